The van der Waals surface area contributed by atoms with E-state index in [0.29, 0.717) is 17.4 Å². The van der Waals surface area contributed by atoms with Crippen LogP contribution in [0.3, 0.4) is 0 Å². The van der Waals surface area contributed by atoms with Gasteiger partial charge in [-0.1, -0.05) is 19.9 Å². The van der Waals surface area contributed by atoms with E-state index in [9.17, 15) is 4.79 Å². The van der Waals surface area contributed by atoms with Crippen LogP contribution in [0.4, 0.5) is 5.69 Å². The fraction of sp³-hybridized carbons (Fsp3) is 0.533. The third-order valence-electron chi connectivity index (χ3n) is 2.81. The summed E-state index contributed by atoms with van der Waals surface area (Å²) in [6.07, 6.45) is 2.10. The molecule has 0 aliphatic heterocycles. The first kappa shape index (κ1) is 15.3. The lowest BCUT2D eigenvalue weighted by molar-refractivity contribution is -0.123. The van der Waals surface area contributed by atoms with E-state index in [4.69, 9.17) is 10.5 Å². The van der Waals surface area contributed by atoms with Crippen molar-refractivity contribution in [1.82, 2.24) is 5.32 Å². The van der Waals surface area contributed by atoms with Gasteiger partial charge in [0.05, 0.1) is 0 Å². The topological polar surface area (TPSA) is 64.3 Å². The number of amides is 1. The number of anilines is 1. The van der Waals surface area contributed by atoms with Crippen molar-refractivity contribution in [3.63, 3.8) is 0 Å². The number of carbonyl (C=O) groups excluding carboxylic acids is 1. The summed E-state index contributed by atoms with van der Waals surface area (Å²) in [5.74, 6) is 1.17. The van der Waals surface area contributed by atoms with Gasteiger partial charge in [-0.15, -0.1) is 0 Å². The van der Waals surface area contributed by atoms with Gasteiger partial charge in [-0.3, -0.25) is 4.79 Å². The Bertz CT molecular complexity index is 405. The van der Waals surface area contributed by atoms with Gasteiger partial charge in [0.15, 0.2) is 6.61 Å². The Morgan fingerprint density at radius 1 is 1.32 bits per heavy atom. The van der Waals surface area contributed by atoms with E-state index in [2.05, 4.69) is 19.2 Å². The zero-order valence-corrected chi connectivity index (χ0v) is 12.0. The average molecular weight is 264 g/mol. The van der Waals surface area contributed by atoms with Crippen LogP contribution in [0.15, 0.2) is 24.3 Å². The number of rotatable bonds is 7. The predicted molar refractivity (Wildman–Crippen MR) is 78.0 cm³/mol. The molecule has 106 valence electrons. The number of nitrogen functional groups attached to an aromatic ring is 1. The van der Waals surface area contributed by atoms with E-state index in [1.54, 1.807) is 24.3 Å². The lowest BCUT2D eigenvalue weighted by Gasteiger charge is -2.15. The number of ether oxygens (including phenoxy) is 1. The summed E-state index contributed by atoms with van der Waals surface area (Å²) < 4.78 is 5.38. The van der Waals surface area contributed by atoms with Gasteiger partial charge in [0, 0.05) is 17.8 Å². The van der Waals surface area contributed by atoms with Crippen LogP contribution in [-0.4, -0.2) is 18.6 Å². The summed E-state index contributed by atoms with van der Waals surface area (Å²) in [6.45, 7) is 6.39. The maximum atomic E-state index is 11.7. The number of nitrogens with two attached hydrogens (primary N) is 1. The third kappa shape index (κ3) is 6.70. The van der Waals surface area contributed by atoms with Gasteiger partial charge in [-0.25, -0.2) is 0 Å². The van der Waals surface area contributed by atoms with Crippen molar-refractivity contribution in [1.29, 1.82) is 0 Å². The SMILES string of the molecule is CC(C)CCC(C)NC(=O)COc1cccc(N)c1. The highest BCUT2D eigenvalue weighted by Crippen LogP contribution is 2.14. The van der Waals surface area contributed by atoms with Gasteiger partial charge in [0.1, 0.15) is 5.75 Å². The van der Waals surface area contributed by atoms with Crippen LogP contribution in [0, 0.1) is 5.92 Å². The van der Waals surface area contributed by atoms with Crippen LogP contribution in [0.5, 0.6) is 5.75 Å². The maximum absolute atomic E-state index is 11.7. The van der Waals surface area contributed by atoms with Gasteiger partial charge >= 0.3 is 0 Å². The third-order valence-corrected chi connectivity index (χ3v) is 2.81. The van der Waals surface area contributed by atoms with E-state index in [0.717, 1.165) is 12.8 Å². The van der Waals surface area contributed by atoms with Gasteiger partial charge in [0.25, 0.3) is 5.91 Å². The fourth-order valence-corrected chi connectivity index (χ4v) is 1.73. The number of benzene rings is 1. The predicted octanol–water partition coefficient (Wildman–Crippen LogP) is 2.59. The second-order valence-corrected chi connectivity index (χ2v) is 5.30. The molecule has 1 aromatic rings. The molecule has 1 amide bonds. The first-order chi connectivity index (χ1) is 8.97. The summed E-state index contributed by atoms with van der Waals surface area (Å²) >= 11 is 0. The Morgan fingerprint density at radius 3 is 2.68 bits per heavy atom. The molecule has 0 aliphatic carbocycles. The summed E-state index contributed by atoms with van der Waals surface area (Å²) in [4.78, 5) is 11.7. The molecule has 0 bridgehead atoms. The molecule has 1 aromatic carbocycles. The zero-order chi connectivity index (χ0) is 14.3. The highest BCUT2D eigenvalue weighted by atomic mass is 16.5. The van der Waals surface area contributed by atoms with E-state index in [1.807, 2.05) is 6.92 Å². The molecule has 19 heavy (non-hydrogen) atoms. The lowest BCUT2D eigenvalue weighted by Crippen LogP contribution is -2.36. The highest BCUT2D eigenvalue weighted by Gasteiger charge is 2.08. The van der Waals surface area contributed by atoms with Gasteiger partial charge < -0.3 is 15.8 Å². The van der Waals surface area contributed by atoms with Crippen LogP contribution in [0.1, 0.15) is 33.6 Å². The molecule has 0 spiro atoms. The molecular formula is C15H24N2O2. The molecule has 0 radical (unpaired) electrons. The molecule has 0 aliphatic rings. The summed E-state index contributed by atoms with van der Waals surface area (Å²) in [5.41, 5.74) is 6.26. The largest absolute Gasteiger partial charge is 0.484 e. The average Bonchev–Trinajstić information content (AvgIpc) is 2.34. The number of hydrogen-bond acceptors (Lipinski definition) is 3. The Morgan fingerprint density at radius 2 is 2.05 bits per heavy atom. The molecule has 1 unspecified atom stereocenters. The van der Waals surface area contributed by atoms with Crippen molar-refractivity contribution in [2.24, 2.45) is 5.92 Å². The summed E-state index contributed by atoms with van der Waals surface area (Å²) in [7, 11) is 0. The molecule has 1 atom stereocenters. The number of carbonyl (C=O) groups is 1. The maximum Gasteiger partial charge on any atom is 0.258 e. The summed E-state index contributed by atoms with van der Waals surface area (Å²) in [6, 6.07) is 7.25. The Kier molecular flexibility index (Phi) is 6.19. The smallest absolute Gasteiger partial charge is 0.258 e. The first-order valence-corrected chi connectivity index (χ1v) is 6.75. The summed E-state index contributed by atoms with van der Waals surface area (Å²) in [5, 5.41) is 2.92. The highest BCUT2D eigenvalue weighted by molar-refractivity contribution is 5.77. The molecule has 0 saturated carbocycles. The molecule has 0 heterocycles. The number of nitrogens with one attached hydrogen (secondary N) is 1. The van der Waals surface area contributed by atoms with Gasteiger partial charge in [0.2, 0.25) is 0 Å². The lowest BCUT2D eigenvalue weighted by atomic mass is 10.0. The van der Waals surface area contributed by atoms with Gasteiger partial charge in [-0.05, 0) is 37.8 Å². The van der Waals surface area contributed by atoms with Crippen molar-refractivity contribution in [2.75, 3.05) is 12.3 Å². The van der Waals surface area contributed by atoms with Crippen LogP contribution in [0.2, 0.25) is 0 Å². The van der Waals surface area contributed by atoms with E-state index >= 15 is 0 Å². The Labute approximate surface area is 115 Å². The minimum absolute atomic E-state index is 0.0233. The van der Waals surface area contributed by atoms with Crippen LogP contribution >= 0.6 is 0 Å². The molecule has 0 saturated heterocycles. The van der Waals surface area contributed by atoms with Crippen molar-refractivity contribution >= 4 is 11.6 Å². The number of hydrogen-bond donors (Lipinski definition) is 2. The Hall–Kier alpha value is -1.71. The van der Waals surface area contributed by atoms with Crippen molar-refractivity contribution < 1.29 is 9.53 Å². The minimum Gasteiger partial charge on any atom is -0.484 e. The standard InChI is InChI=1S/C15H24N2O2/c1-11(2)7-8-12(3)17-15(18)10-19-14-6-4-5-13(16)9-14/h4-6,9,11-12H,7-8,10,16H2,1-3H3,(H,17,18). The normalized spacial score (nSPS) is 12.2. The molecule has 0 aromatic heterocycles. The second-order valence-electron chi connectivity index (χ2n) is 5.30. The van der Waals surface area contributed by atoms with E-state index in [1.165, 1.54) is 0 Å². The molecular weight excluding hydrogens is 240 g/mol. The quantitative estimate of drug-likeness (QED) is 0.744. The Balaban J connectivity index is 2.27. The fourth-order valence-electron chi connectivity index (χ4n) is 1.73. The monoisotopic (exact) mass is 264 g/mol. The van der Waals surface area contributed by atoms with Crippen molar-refractivity contribution in [2.45, 2.75) is 39.7 Å². The van der Waals surface area contributed by atoms with E-state index in [-0.39, 0.29) is 18.6 Å². The van der Waals surface area contributed by atoms with Crippen molar-refractivity contribution in [3.8, 4) is 5.75 Å². The van der Waals surface area contributed by atoms with Gasteiger partial charge in [-0.2, -0.15) is 0 Å². The van der Waals surface area contributed by atoms with Crippen LogP contribution < -0.4 is 15.8 Å². The van der Waals surface area contributed by atoms with E-state index < -0.39 is 0 Å². The minimum atomic E-state index is -0.0984. The zero-order valence-electron chi connectivity index (χ0n) is 12.0. The van der Waals surface area contributed by atoms with Crippen molar-refractivity contribution in [3.05, 3.63) is 24.3 Å². The molecule has 3 N–H and O–H groups in total. The van der Waals surface area contributed by atoms with Crippen LogP contribution in [-0.2, 0) is 4.79 Å². The first-order valence-electron chi connectivity index (χ1n) is 6.75. The molecule has 4 heteroatoms. The molecule has 0 fully saturated rings. The molecule has 4 nitrogen and oxygen atoms in total. The van der Waals surface area contributed by atoms with Crippen LogP contribution in [0.25, 0.3) is 0 Å². The molecule has 1 rings (SSSR count). The second kappa shape index (κ2) is 7.67.